The van der Waals surface area contributed by atoms with Gasteiger partial charge in [0.1, 0.15) is 30.3 Å². The number of methoxy groups -OCH3 is 1. The standard InChI is InChI=1S/C28H31NO6/c1-19-22(23-9-7-15-29-26(23)27(31)35-28(2,3)4)8-6-10-24(19)34-17-16-33-21-13-11-20(12-14-21)18-25(30)32-5/h6-15H,16-18H2,1-5H3. The van der Waals surface area contributed by atoms with Crippen molar-refractivity contribution in [1.82, 2.24) is 4.98 Å². The molecule has 0 aliphatic carbocycles. The van der Waals surface area contributed by atoms with Gasteiger partial charge in [-0.25, -0.2) is 9.78 Å². The quantitative estimate of drug-likeness (QED) is 0.310. The average molecular weight is 478 g/mol. The third-order valence-electron chi connectivity index (χ3n) is 5.08. The fourth-order valence-electron chi connectivity index (χ4n) is 3.43. The van der Waals surface area contributed by atoms with Gasteiger partial charge in [-0.05, 0) is 68.7 Å². The van der Waals surface area contributed by atoms with E-state index in [1.165, 1.54) is 7.11 Å². The van der Waals surface area contributed by atoms with E-state index in [1.54, 1.807) is 12.3 Å². The Hall–Kier alpha value is -3.87. The maximum Gasteiger partial charge on any atom is 0.358 e. The highest BCUT2D eigenvalue weighted by atomic mass is 16.6. The Morgan fingerprint density at radius 2 is 1.57 bits per heavy atom. The summed E-state index contributed by atoms with van der Waals surface area (Å²) >= 11 is 0. The minimum Gasteiger partial charge on any atom is -0.490 e. The Morgan fingerprint density at radius 3 is 2.26 bits per heavy atom. The minimum absolute atomic E-state index is 0.224. The smallest absolute Gasteiger partial charge is 0.358 e. The maximum absolute atomic E-state index is 12.7. The second-order valence-corrected chi connectivity index (χ2v) is 8.92. The first-order valence-corrected chi connectivity index (χ1v) is 11.4. The highest BCUT2D eigenvalue weighted by molar-refractivity contribution is 5.96. The molecule has 0 fully saturated rings. The Balaban J connectivity index is 1.65. The summed E-state index contributed by atoms with van der Waals surface area (Å²) in [6.45, 7) is 8.09. The molecule has 0 saturated carbocycles. The number of aromatic nitrogens is 1. The van der Waals surface area contributed by atoms with E-state index in [4.69, 9.17) is 14.2 Å². The average Bonchev–Trinajstić information content (AvgIpc) is 2.82. The Labute approximate surface area is 206 Å². The van der Waals surface area contributed by atoms with Crippen LogP contribution < -0.4 is 9.47 Å². The Bertz CT molecular complexity index is 1160. The first-order valence-electron chi connectivity index (χ1n) is 11.4. The van der Waals surface area contributed by atoms with E-state index in [2.05, 4.69) is 9.72 Å². The molecular weight excluding hydrogens is 446 g/mol. The van der Waals surface area contributed by atoms with Gasteiger partial charge in [0.2, 0.25) is 0 Å². The number of ether oxygens (including phenoxy) is 4. The van der Waals surface area contributed by atoms with Crippen molar-refractivity contribution in [2.24, 2.45) is 0 Å². The van der Waals surface area contributed by atoms with E-state index in [0.29, 0.717) is 30.3 Å². The topological polar surface area (TPSA) is 84.0 Å². The molecular formula is C28H31NO6. The van der Waals surface area contributed by atoms with Crippen LogP contribution in [0.25, 0.3) is 11.1 Å². The molecule has 184 valence electrons. The zero-order valence-electron chi connectivity index (χ0n) is 20.8. The molecule has 0 radical (unpaired) electrons. The molecule has 0 saturated heterocycles. The van der Waals surface area contributed by atoms with E-state index >= 15 is 0 Å². The van der Waals surface area contributed by atoms with E-state index in [1.807, 2.05) is 76.2 Å². The number of benzene rings is 2. The lowest BCUT2D eigenvalue weighted by molar-refractivity contribution is -0.139. The second kappa shape index (κ2) is 11.5. The van der Waals surface area contributed by atoms with Gasteiger partial charge in [0.15, 0.2) is 5.69 Å². The number of hydrogen-bond acceptors (Lipinski definition) is 7. The molecule has 0 atom stereocenters. The lowest BCUT2D eigenvalue weighted by Crippen LogP contribution is -2.24. The number of esters is 2. The SMILES string of the molecule is COC(=O)Cc1ccc(OCCOc2cccc(-c3cccnc3C(=O)OC(C)(C)C)c2C)cc1. The maximum atomic E-state index is 12.7. The van der Waals surface area contributed by atoms with Gasteiger partial charge in [-0.15, -0.1) is 0 Å². The van der Waals surface area contributed by atoms with E-state index in [0.717, 1.165) is 16.7 Å². The van der Waals surface area contributed by atoms with Crippen molar-refractivity contribution in [3.63, 3.8) is 0 Å². The summed E-state index contributed by atoms with van der Waals surface area (Å²) in [5, 5.41) is 0. The minimum atomic E-state index is -0.618. The molecule has 2 aromatic carbocycles. The summed E-state index contributed by atoms with van der Waals surface area (Å²) in [7, 11) is 1.37. The molecule has 0 aliphatic heterocycles. The van der Waals surface area contributed by atoms with Crippen molar-refractivity contribution in [2.75, 3.05) is 20.3 Å². The number of carbonyl (C=O) groups is 2. The first-order chi connectivity index (χ1) is 16.7. The molecule has 1 heterocycles. The molecule has 7 heteroatoms. The molecule has 0 N–H and O–H groups in total. The summed E-state index contributed by atoms with van der Waals surface area (Å²) in [5.41, 5.74) is 2.92. The molecule has 3 aromatic rings. The second-order valence-electron chi connectivity index (χ2n) is 8.92. The zero-order valence-corrected chi connectivity index (χ0v) is 20.8. The third kappa shape index (κ3) is 7.30. The van der Waals surface area contributed by atoms with Crippen molar-refractivity contribution in [3.8, 4) is 22.6 Å². The van der Waals surface area contributed by atoms with Gasteiger partial charge >= 0.3 is 11.9 Å². The molecule has 0 unspecified atom stereocenters. The first kappa shape index (κ1) is 25.7. The fraction of sp³-hybridized carbons (Fsp3) is 0.321. The van der Waals surface area contributed by atoms with E-state index in [-0.39, 0.29) is 18.1 Å². The number of nitrogens with zero attached hydrogens (tertiary/aromatic N) is 1. The molecule has 7 nitrogen and oxygen atoms in total. The molecule has 0 spiro atoms. The predicted molar refractivity (Wildman–Crippen MR) is 133 cm³/mol. The Kier molecular flexibility index (Phi) is 8.47. The summed E-state index contributed by atoms with van der Waals surface area (Å²) in [4.78, 5) is 28.4. The van der Waals surface area contributed by atoms with Crippen molar-refractivity contribution in [2.45, 2.75) is 39.7 Å². The monoisotopic (exact) mass is 477 g/mol. The number of rotatable bonds is 9. The van der Waals surface area contributed by atoms with Gasteiger partial charge in [-0.1, -0.05) is 30.3 Å². The molecule has 0 bridgehead atoms. The van der Waals surface area contributed by atoms with Crippen molar-refractivity contribution in [3.05, 3.63) is 77.6 Å². The molecule has 3 rings (SSSR count). The van der Waals surface area contributed by atoms with Crippen LogP contribution in [0.3, 0.4) is 0 Å². The highest BCUT2D eigenvalue weighted by Crippen LogP contribution is 2.32. The van der Waals surface area contributed by atoms with Crippen LogP contribution in [0.4, 0.5) is 0 Å². The van der Waals surface area contributed by atoms with Gasteiger partial charge in [0.05, 0.1) is 13.5 Å². The van der Waals surface area contributed by atoms with Gasteiger partial charge in [-0.3, -0.25) is 4.79 Å². The summed E-state index contributed by atoms with van der Waals surface area (Å²) in [6.07, 6.45) is 1.81. The van der Waals surface area contributed by atoms with Crippen LogP contribution in [-0.2, 0) is 20.7 Å². The lowest BCUT2D eigenvalue weighted by atomic mass is 9.98. The lowest BCUT2D eigenvalue weighted by Gasteiger charge is -2.20. The Morgan fingerprint density at radius 1 is 0.886 bits per heavy atom. The predicted octanol–water partition coefficient (Wildman–Crippen LogP) is 5.19. The van der Waals surface area contributed by atoms with Crippen LogP contribution in [0, 0.1) is 6.92 Å². The zero-order chi connectivity index (χ0) is 25.4. The van der Waals surface area contributed by atoms with Gasteiger partial charge < -0.3 is 18.9 Å². The van der Waals surface area contributed by atoms with Crippen molar-refractivity contribution >= 4 is 11.9 Å². The molecule has 0 aliphatic rings. The summed E-state index contributed by atoms with van der Waals surface area (Å²) in [5.74, 6) is 0.627. The number of carbonyl (C=O) groups excluding carboxylic acids is 2. The van der Waals surface area contributed by atoms with Gasteiger partial charge in [0.25, 0.3) is 0 Å². The van der Waals surface area contributed by atoms with Crippen LogP contribution in [0.1, 0.15) is 42.4 Å². The van der Waals surface area contributed by atoms with Crippen LogP contribution >= 0.6 is 0 Å². The molecule has 35 heavy (non-hydrogen) atoms. The van der Waals surface area contributed by atoms with Crippen LogP contribution in [0.15, 0.2) is 60.8 Å². The van der Waals surface area contributed by atoms with Crippen molar-refractivity contribution < 1.29 is 28.5 Å². The third-order valence-corrected chi connectivity index (χ3v) is 5.08. The fourth-order valence-corrected chi connectivity index (χ4v) is 3.43. The highest BCUT2D eigenvalue weighted by Gasteiger charge is 2.23. The van der Waals surface area contributed by atoms with E-state index < -0.39 is 11.6 Å². The van der Waals surface area contributed by atoms with Crippen LogP contribution in [-0.4, -0.2) is 42.8 Å². The summed E-state index contributed by atoms with van der Waals surface area (Å²) < 4.78 is 21.9. The number of pyridine rings is 1. The normalized spacial score (nSPS) is 11.0. The molecule has 0 amide bonds. The van der Waals surface area contributed by atoms with Gasteiger partial charge in [-0.2, -0.15) is 0 Å². The van der Waals surface area contributed by atoms with E-state index in [9.17, 15) is 9.59 Å². The van der Waals surface area contributed by atoms with Gasteiger partial charge in [0, 0.05) is 11.8 Å². The summed E-state index contributed by atoms with van der Waals surface area (Å²) in [6, 6.07) is 16.6. The van der Waals surface area contributed by atoms with Crippen molar-refractivity contribution in [1.29, 1.82) is 0 Å². The van der Waals surface area contributed by atoms with Crippen LogP contribution in [0.5, 0.6) is 11.5 Å². The van der Waals surface area contributed by atoms with Crippen LogP contribution in [0.2, 0.25) is 0 Å². The number of hydrogen-bond donors (Lipinski definition) is 0. The molecule has 1 aromatic heterocycles. The largest absolute Gasteiger partial charge is 0.490 e.